The van der Waals surface area contributed by atoms with E-state index in [4.69, 9.17) is 14.2 Å². The van der Waals surface area contributed by atoms with E-state index in [1.807, 2.05) is 0 Å². The molecule has 0 aromatic heterocycles. The summed E-state index contributed by atoms with van der Waals surface area (Å²) in [7, 11) is 3.81. The lowest BCUT2D eigenvalue weighted by Gasteiger charge is -2.29. The van der Waals surface area contributed by atoms with Crippen molar-refractivity contribution in [3.05, 3.63) is 0 Å². The second-order valence-electron chi connectivity index (χ2n) is 4.26. The third-order valence-corrected chi connectivity index (χ3v) is 6.78. The average Bonchev–Trinajstić information content (AvgIpc) is 2.19. The normalized spacial score (nSPS) is 12.0. The molecule has 0 fully saturated rings. The third-order valence-electron chi connectivity index (χ3n) is 2.66. The van der Waals surface area contributed by atoms with E-state index in [1.165, 1.54) is 25.3 Å². The van der Waals surface area contributed by atoms with Gasteiger partial charge in [-0.2, -0.15) is 0 Å². The number of hydrogen-bond donors (Lipinski definition) is 0. The molecule has 0 saturated carbocycles. The first-order valence-electron chi connectivity index (χ1n) is 5.71. The van der Waals surface area contributed by atoms with Gasteiger partial charge in [0.05, 0.1) is 0 Å². The van der Waals surface area contributed by atoms with Crippen LogP contribution in [-0.4, -0.2) is 48.1 Å². The predicted molar refractivity (Wildman–Crippen MR) is 65.7 cm³/mol. The van der Waals surface area contributed by atoms with Gasteiger partial charge in [0.15, 0.2) is 0 Å². The molecule has 0 aliphatic rings. The highest BCUT2D eigenvalue weighted by Crippen LogP contribution is 2.16. The van der Waals surface area contributed by atoms with E-state index < -0.39 is 8.07 Å². The van der Waals surface area contributed by atoms with Gasteiger partial charge in [-0.3, -0.25) is 0 Å². The van der Waals surface area contributed by atoms with E-state index in [-0.39, 0.29) is 0 Å². The number of hydrogen-bond acceptors (Lipinski definition) is 3. The summed E-state index contributed by atoms with van der Waals surface area (Å²) in [5.74, 6) is 0. The molecule has 0 atom stereocenters. The van der Waals surface area contributed by atoms with Crippen LogP contribution < -0.4 is 0 Å². The standard InChI is InChI=1S/C11H26O3Si/c1-5-6-7-8-15(9-12-2,10-13-3)11-14-4/h5-11H2,1-4H3. The zero-order chi connectivity index (χ0) is 11.6. The van der Waals surface area contributed by atoms with Crippen LogP contribution in [0.2, 0.25) is 6.04 Å². The number of unbranched alkanes of at least 4 members (excludes halogenated alkanes) is 2. The lowest BCUT2D eigenvalue weighted by atomic mass is 10.3. The molecule has 0 spiro atoms. The highest BCUT2D eigenvalue weighted by atomic mass is 28.3. The van der Waals surface area contributed by atoms with Crippen LogP contribution in [0.4, 0.5) is 0 Å². The fraction of sp³-hybridized carbons (Fsp3) is 1.00. The Kier molecular flexibility index (Phi) is 9.39. The average molecular weight is 234 g/mol. The molecule has 0 aromatic carbocycles. The number of methoxy groups -OCH3 is 3. The van der Waals surface area contributed by atoms with Crippen LogP contribution in [0.1, 0.15) is 26.2 Å². The van der Waals surface area contributed by atoms with Crippen molar-refractivity contribution in [3.63, 3.8) is 0 Å². The molecule has 0 rings (SSSR count). The smallest absolute Gasteiger partial charge is 0.140 e. The molecule has 0 aliphatic carbocycles. The maximum Gasteiger partial charge on any atom is 0.140 e. The fourth-order valence-electron chi connectivity index (χ4n) is 2.01. The summed E-state index contributed by atoms with van der Waals surface area (Å²) in [6, 6.07) is 1.25. The summed E-state index contributed by atoms with van der Waals surface area (Å²) >= 11 is 0. The van der Waals surface area contributed by atoms with Gasteiger partial charge in [0, 0.05) is 40.0 Å². The summed E-state index contributed by atoms with van der Waals surface area (Å²) in [5, 5.41) is 0. The van der Waals surface area contributed by atoms with Gasteiger partial charge in [0.1, 0.15) is 8.07 Å². The summed E-state index contributed by atoms with van der Waals surface area (Å²) in [6.07, 6.45) is 6.37. The summed E-state index contributed by atoms with van der Waals surface area (Å²) < 4.78 is 16.0. The molecule has 0 amide bonds. The molecule has 0 radical (unpaired) electrons. The molecule has 3 nitrogen and oxygen atoms in total. The lowest BCUT2D eigenvalue weighted by molar-refractivity contribution is 0.188. The Morgan fingerprint density at radius 2 is 1.27 bits per heavy atom. The van der Waals surface area contributed by atoms with Crippen LogP contribution in [0.3, 0.4) is 0 Å². The van der Waals surface area contributed by atoms with Crippen LogP contribution >= 0.6 is 0 Å². The Morgan fingerprint density at radius 3 is 1.60 bits per heavy atom. The maximum atomic E-state index is 5.34. The van der Waals surface area contributed by atoms with Gasteiger partial charge in [0.2, 0.25) is 0 Å². The zero-order valence-corrected chi connectivity index (χ0v) is 11.7. The molecule has 4 heteroatoms. The van der Waals surface area contributed by atoms with Gasteiger partial charge in [-0.05, 0) is 0 Å². The Hall–Kier alpha value is 0.0969. The van der Waals surface area contributed by atoms with Gasteiger partial charge in [-0.25, -0.2) is 0 Å². The molecule has 15 heavy (non-hydrogen) atoms. The second kappa shape index (κ2) is 9.33. The van der Waals surface area contributed by atoms with Crippen LogP contribution in [0, 0.1) is 0 Å². The highest BCUT2D eigenvalue weighted by Gasteiger charge is 2.33. The van der Waals surface area contributed by atoms with E-state index in [2.05, 4.69) is 6.92 Å². The van der Waals surface area contributed by atoms with Gasteiger partial charge < -0.3 is 14.2 Å². The number of ether oxygens (including phenoxy) is 3. The van der Waals surface area contributed by atoms with Crippen molar-refractivity contribution in [2.24, 2.45) is 0 Å². The maximum absolute atomic E-state index is 5.34. The number of rotatable bonds is 10. The summed E-state index contributed by atoms with van der Waals surface area (Å²) in [4.78, 5) is 0. The van der Waals surface area contributed by atoms with E-state index in [0.29, 0.717) is 0 Å². The highest BCUT2D eigenvalue weighted by molar-refractivity contribution is 6.79. The lowest BCUT2D eigenvalue weighted by Crippen LogP contribution is -2.50. The molecule has 0 aromatic rings. The van der Waals surface area contributed by atoms with Crippen molar-refractivity contribution in [1.29, 1.82) is 0 Å². The summed E-state index contributed by atoms with van der Waals surface area (Å²) in [5.41, 5.74) is 0. The van der Waals surface area contributed by atoms with E-state index in [0.717, 1.165) is 18.7 Å². The van der Waals surface area contributed by atoms with Crippen LogP contribution in [0.15, 0.2) is 0 Å². The van der Waals surface area contributed by atoms with Crippen molar-refractivity contribution in [2.75, 3.05) is 40.0 Å². The van der Waals surface area contributed by atoms with Gasteiger partial charge in [-0.15, -0.1) is 0 Å². The third kappa shape index (κ3) is 6.30. The zero-order valence-electron chi connectivity index (χ0n) is 10.7. The first-order valence-corrected chi connectivity index (χ1v) is 8.54. The molecule has 0 N–H and O–H groups in total. The molecular formula is C11H26O3Si. The molecule has 92 valence electrons. The Labute approximate surface area is 95.1 Å². The van der Waals surface area contributed by atoms with Crippen molar-refractivity contribution in [1.82, 2.24) is 0 Å². The Balaban J connectivity index is 4.18. The van der Waals surface area contributed by atoms with Crippen molar-refractivity contribution < 1.29 is 14.2 Å². The van der Waals surface area contributed by atoms with Gasteiger partial charge in [-0.1, -0.05) is 32.2 Å². The Bertz CT molecular complexity index is 125. The molecule has 0 unspecified atom stereocenters. The van der Waals surface area contributed by atoms with Crippen molar-refractivity contribution in [2.45, 2.75) is 32.2 Å². The van der Waals surface area contributed by atoms with Gasteiger partial charge >= 0.3 is 0 Å². The van der Waals surface area contributed by atoms with Crippen molar-refractivity contribution in [3.8, 4) is 0 Å². The van der Waals surface area contributed by atoms with Gasteiger partial charge in [0.25, 0.3) is 0 Å². The summed E-state index contributed by atoms with van der Waals surface area (Å²) in [6.45, 7) is 2.23. The monoisotopic (exact) mass is 234 g/mol. The molecule has 0 aliphatic heterocycles. The van der Waals surface area contributed by atoms with E-state index >= 15 is 0 Å². The van der Waals surface area contributed by atoms with Crippen LogP contribution in [0.5, 0.6) is 0 Å². The SMILES string of the molecule is CCCCC[Si](COC)(COC)COC. The quantitative estimate of drug-likeness (QED) is 0.428. The van der Waals surface area contributed by atoms with E-state index in [1.54, 1.807) is 21.3 Å². The molecule has 0 heterocycles. The predicted octanol–water partition coefficient (Wildman–Crippen LogP) is 2.18. The molecule has 0 bridgehead atoms. The molecular weight excluding hydrogens is 208 g/mol. The minimum absolute atomic E-state index is 0.846. The van der Waals surface area contributed by atoms with E-state index in [9.17, 15) is 0 Å². The van der Waals surface area contributed by atoms with Crippen LogP contribution in [-0.2, 0) is 14.2 Å². The minimum atomic E-state index is -1.50. The topological polar surface area (TPSA) is 27.7 Å². The minimum Gasteiger partial charge on any atom is -0.388 e. The van der Waals surface area contributed by atoms with Crippen LogP contribution in [0.25, 0.3) is 0 Å². The second-order valence-corrected chi connectivity index (χ2v) is 8.62. The fourth-order valence-corrected chi connectivity index (χ4v) is 5.53. The first kappa shape index (κ1) is 15.1. The van der Waals surface area contributed by atoms with Crippen molar-refractivity contribution >= 4 is 8.07 Å². The Morgan fingerprint density at radius 1 is 0.800 bits per heavy atom. The largest absolute Gasteiger partial charge is 0.388 e. The molecule has 0 saturated heterocycles. The first-order chi connectivity index (χ1) is 7.24.